The van der Waals surface area contributed by atoms with E-state index in [-0.39, 0.29) is 11.4 Å². The fourth-order valence-electron chi connectivity index (χ4n) is 4.47. The van der Waals surface area contributed by atoms with Crippen LogP contribution in [0.4, 0.5) is 0 Å². The van der Waals surface area contributed by atoms with Crippen LogP contribution < -0.4 is 4.74 Å². The van der Waals surface area contributed by atoms with E-state index in [1.54, 1.807) is 19.2 Å². The minimum Gasteiger partial charge on any atom is -0.496 e. The lowest BCUT2D eigenvalue weighted by atomic mass is 9.78. The van der Waals surface area contributed by atoms with Gasteiger partial charge in [-0.2, -0.15) is 0 Å². The van der Waals surface area contributed by atoms with Gasteiger partial charge in [-0.1, -0.05) is 71.8 Å². The number of carbonyl (C=O) groups excluding carboxylic acids is 1. The number of benzene rings is 2. The first-order chi connectivity index (χ1) is 15.9. The molecule has 0 aliphatic carbocycles. The summed E-state index contributed by atoms with van der Waals surface area (Å²) in [5.74, 6) is 1.33. The molecule has 0 saturated carbocycles. The highest BCUT2D eigenvalue weighted by Crippen LogP contribution is 2.39. The van der Waals surface area contributed by atoms with Crippen LogP contribution in [0.1, 0.15) is 88.1 Å². The molecule has 0 unspecified atom stereocenters. The highest BCUT2D eigenvalue weighted by molar-refractivity contribution is 5.94. The summed E-state index contributed by atoms with van der Waals surface area (Å²) < 4.78 is 16.7. The van der Waals surface area contributed by atoms with Crippen LogP contribution in [-0.4, -0.2) is 20.2 Å². The van der Waals surface area contributed by atoms with Crippen molar-refractivity contribution in [2.24, 2.45) is 0 Å². The van der Waals surface area contributed by atoms with Crippen LogP contribution in [0.25, 0.3) is 22.3 Å². The van der Waals surface area contributed by atoms with Crippen LogP contribution in [0.2, 0.25) is 0 Å². The van der Waals surface area contributed by atoms with Crippen LogP contribution in [-0.2, 0) is 10.2 Å². The Morgan fingerprint density at radius 1 is 0.909 bits per heavy atom. The third-order valence-corrected chi connectivity index (χ3v) is 6.56. The van der Waals surface area contributed by atoms with E-state index in [4.69, 9.17) is 13.9 Å². The zero-order chi connectivity index (χ0) is 23.8. The number of furan rings is 1. The summed E-state index contributed by atoms with van der Waals surface area (Å²) in [6.45, 7) is 6.86. The van der Waals surface area contributed by atoms with Gasteiger partial charge in [0.2, 0.25) is 0 Å². The van der Waals surface area contributed by atoms with Crippen molar-refractivity contribution in [3.8, 4) is 17.1 Å². The van der Waals surface area contributed by atoms with E-state index < -0.39 is 0 Å². The molecule has 0 radical (unpaired) electrons. The van der Waals surface area contributed by atoms with Gasteiger partial charge in [0.15, 0.2) is 0 Å². The maximum absolute atomic E-state index is 11.9. The number of hydrogen-bond acceptors (Lipinski definition) is 4. The Kier molecular flexibility index (Phi) is 8.60. The molecule has 4 nitrogen and oxygen atoms in total. The summed E-state index contributed by atoms with van der Waals surface area (Å²) >= 11 is 0. The lowest BCUT2D eigenvalue weighted by Gasteiger charge is -2.28. The Morgan fingerprint density at radius 3 is 2.33 bits per heavy atom. The lowest BCUT2D eigenvalue weighted by molar-refractivity contribution is 0.0600. The number of esters is 1. The van der Waals surface area contributed by atoms with Gasteiger partial charge in [0.05, 0.1) is 19.8 Å². The molecule has 0 saturated heterocycles. The van der Waals surface area contributed by atoms with Gasteiger partial charge in [-0.25, -0.2) is 4.79 Å². The van der Waals surface area contributed by atoms with Gasteiger partial charge in [-0.15, -0.1) is 0 Å². The zero-order valence-corrected chi connectivity index (χ0v) is 20.8. The van der Waals surface area contributed by atoms with Gasteiger partial charge in [0.1, 0.15) is 17.1 Å². The second-order valence-corrected chi connectivity index (χ2v) is 9.53. The molecule has 33 heavy (non-hydrogen) atoms. The van der Waals surface area contributed by atoms with Crippen molar-refractivity contribution in [2.45, 2.75) is 77.6 Å². The first-order valence-electron chi connectivity index (χ1n) is 12.2. The van der Waals surface area contributed by atoms with Crippen LogP contribution in [0.5, 0.6) is 5.75 Å². The molecule has 0 amide bonds. The molecule has 3 rings (SSSR count). The zero-order valence-electron chi connectivity index (χ0n) is 20.8. The fourth-order valence-corrected chi connectivity index (χ4v) is 4.47. The van der Waals surface area contributed by atoms with E-state index in [1.807, 2.05) is 24.3 Å². The number of carbonyl (C=O) groups is 1. The number of methoxy groups -OCH3 is 2. The van der Waals surface area contributed by atoms with Crippen LogP contribution in [0.15, 0.2) is 46.9 Å². The average molecular weight is 451 g/mol. The van der Waals surface area contributed by atoms with Crippen molar-refractivity contribution in [1.29, 1.82) is 0 Å². The lowest BCUT2D eigenvalue weighted by Crippen LogP contribution is -2.18. The van der Waals surface area contributed by atoms with Crippen LogP contribution in [0.3, 0.4) is 0 Å². The van der Waals surface area contributed by atoms with E-state index in [9.17, 15) is 4.79 Å². The summed E-state index contributed by atoms with van der Waals surface area (Å²) in [7, 11) is 3.12. The molecule has 1 aromatic heterocycles. The molecule has 1 heterocycles. The standard InChI is InChI=1S/C29H38O4/c1-6-7-8-9-10-11-12-17-29(2,3)24-18-21(15-16-25(24)31-4)26-19-22-13-14-23(28(30)32-5)20-27(22)33-26/h13-16,18-20H,6-12,17H2,1-5H3. The van der Waals surface area contributed by atoms with Gasteiger partial charge < -0.3 is 13.9 Å². The summed E-state index contributed by atoms with van der Waals surface area (Å²) in [6, 6.07) is 13.7. The van der Waals surface area contributed by atoms with Crippen molar-refractivity contribution in [2.75, 3.05) is 14.2 Å². The normalized spacial score (nSPS) is 11.7. The van der Waals surface area contributed by atoms with Gasteiger partial charge in [-0.3, -0.25) is 0 Å². The highest BCUT2D eigenvalue weighted by atomic mass is 16.5. The quantitative estimate of drug-likeness (QED) is 0.206. The number of fused-ring (bicyclic) bond motifs is 1. The largest absolute Gasteiger partial charge is 0.496 e. The van der Waals surface area contributed by atoms with Gasteiger partial charge >= 0.3 is 5.97 Å². The predicted octanol–water partition coefficient (Wildman–Crippen LogP) is 8.31. The molecule has 0 aliphatic heterocycles. The van der Waals surface area contributed by atoms with Crippen molar-refractivity contribution < 1.29 is 18.7 Å². The Bertz CT molecular complexity index is 1060. The molecule has 0 aliphatic rings. The first kappa shape index (κ1) is 24.9. The molecule has 0 fully saturated rings. The maximum Gasteiger partial charge on any atom is 0.337 e. The smallest absolute Gasteiger partial charge is 0.337 e. The second-order valence-electron chi connectivity index (χ2n) is 9.53. The third-order valence-electron chi connectivity index (χ3n) is 6.56. The number of hydrogen-bond donors (Lipinski definition) is 0. The SMILES string of the molecule is CCCCCCCCCC(C)(C)c1cc(-c2cc3ccc(C(=O)OC)cc3o2)ccc1OC. The molecule has 0 atom stereocenters. The first-order valence-corrected chi connectivity index (χ1v) is 12.2. The molecule has 4 heteroatoms. The monoisotopic (exact) mass is 450 g/mol. The van der Waals surface area contributed by atoms with Crippen molar-refractivity contribution >= 4 is 16.9 Å². The van der Waals surface area contributed by atoms with E-state index in [1.165, 1.54) is 57.6 Å². The maximum atomic E-state index is 11.9. The van der Waals surface area contributed by atoms with Gasteiger partial charge in [-0.05, 0) is 48.2 Å². The Labute approximate surface area is 198 Å². The third kappa shape index (κ3) is 6.19. The Morgan fingerprint density at radius 2 is 1.64 bits per heavy atom. The minimum atomic E-state index is -0.367. The summed E-state index contributed by atoms with van der Waals surface area (Å²) in [4.78, 5) is 11.9. The van der Waals surface area contributed by atoms with Crippen molar-refractivity contribution in [3.05, 3.63) is 53.6 Å². The number of rotatable bonds is 12. The van der Waals surface area contributed by atoms with Gasteiger partial charge in [0, 0.05) is 16.5 Å². The van der Waals surface area contributed by atoms with E-state index in [0.29, 0.717) is 11.1 Å². The highest BCUT2D eigenvalue weighted by Gasteiger charge is 2.25. The summed E-state index contributed by atoms with van der Waals surface area (Å²) in [5.41, 5.74) is 3.36. The van der Waals surface area contributed by atoms with E-state index in [0.717, 1.165) is 28.9 Å². The molecular weight excluding hydrogens is 412 g/mol. The minimum absolute atomic E-state index is 0.00512. The summed E-state index contributed by atoms with van der Waals surface area (Å²) in [6.07, 6.45) is 10.3. The molecule has 2 aromatic carbocycles. The molecule has 178 valence electrons. The fraction of sp³-hybridized carbons (Fsp3) is 0.483. The second kappa shape index (κ2) is 11.4. The Balaban J connectivity index is 1.79. The summed E-state index contributed by atoms with van der Waals surface area (Å²) in [5, 5.41) is 0.956. The number of unbranched alkanes of at least 4 members (excludes halogenated alkanes) is 6. The predicted molar refractivity (Wildman–Crippen MR) is 135 cm³/mol. The molecule has 0 N–H and O–H groups in total. The molecular formula is C29H38O4. The Hall–Kier alpha value is -2.75. The topological polar surface area (TPSA) is 48.7 Å². The molecule has 3 aromatic rings. The van der Waals surface area contributed by atoms with Crippen LogP contribution >= 0.6 is 0 Å². The van der Waals surface area contributed by atoms with Crippen molar-refractivity contribution in [1.82, 2.24) is 0 Å². The average Bonchev–Trinajstić information content (AvgIpc) is 3.26. The van der Waals surface area contributed by atoms with E-state index >= 15 is 0 Å². The van der Waals surface area contributed by atoms with Crippen molar-refractivity contribution in [3.63, 3.8) is 0 Å². The van der Waals surface area contributed by atoms with Crippen LogP contribution in [0, 0.1) is 0 Å². The van der Waals surface area contributed by atoms with E-state index in [2.05, 4.69) is 26.8 Å². The molecule has 0 bridgehead atoms. The molecule has 0 spiro atoms. The van der Waals surface area contributed by atoms with Gasteiger partial charge in [0.25, 0.3) is 0 Å². The number of ether oxygens (including phenoxy) is 2.